The summed E-state index contributed by atoms with van der Waals surface area (Å²) in [5.41, 5.74) is 5.09. The summed E-state index contributed by atoms with van der Waals surface area (Å²) in [4.78, 5) is 12.5. The summed E-state index contributed by atoms with van der Waals surface area (Å²) in [6.07, 6.45) is 6.94. The maximum absolute atomic E-state index is 12.5. The van der Waals surface area contributed by atoms with Gasteiger partial charge in [0.2, 0.25) is 5.91 Å². The minimum Gasteiger partial charge on any atom is -0.311 e. The lowest BCUT2D eigenvalue weighted by Gasteiger charge is -2.16. The first-order valence-corrected chi connectivity index (χ1v) is 9.24. The SMILES string of the molecule is O=C(Cc1ccc2c(c1)CCCC2)Nc1ccnn1Cc1ccccc1. The van der Waals surface area contributed by atoms with Crippen molar-refractivity contribution in [3.8, 4) is 0 Å². The highest BCUT2D eigenvalue weighted by molar-refractivity contribution is 5.91. The molecule has 3 aromatic rings. The normalized spacial score (nSPS) is 13.2. The Morgan fingerprint density at radius 2 is 1.77 bits per heavy atom. The third-order valence-electron chi connectivity index (χ3n) is 4.94. The molecular weight excluding hydrogens is 322 g/mol. The molecule has 0 spiro atoms. The molecule has 0 unspecified atom stereocenters. The fraction of sp³-hybridized carbons (Fsp3) is 0.273. The number of hydrogen-bond acceptors (Lipinski definition) is 2. The van der Waals surface area contributed by atoms with Crippen LogP contribution in [0.25, 0.3) is 0 Å². The van der Waals surface area contributed by atoms with Crippen LogP contribution in [0.2, 0.25) is 0 Å². The molecule has 26 heavy (non-hydrogen) atoms. The Morgan fingerprint density at radius 3 is 2.62 bits per heavy atom. The molecule has 1 amide bonds. The molecule has 4 nitrogen and oxygen atoms in total. The van der Waals surface area contributed by atoms with Crippen LogP contribution in [0, 0.1) is 0 Å². The number of carbonyl (C=O) groups excluding carboxylic acids is 1. The van der Waals surface area contributed by atoms with E-state index in [0.717, 1.165) is 23.4 Å². The van der Waals surface area contributed by atoms with Crippen LogP contribution in [-0.4, -0.2) is 15.7 Å². The largest absolute Gasteiger partial charge is 0.311 e. The number of fused-ring (bicyclic) bond motifs is 1. The zero-order chi connectivity index (χ0) is 17.8. The number of nitrogens with one attached hydrogen (secondary N) is 1. The van der Waals surface area contributed by atoms with E-state index in [1.807, 2.05) is 28.9 Å². The Bertz CT molecular complexity index is 899. The molecule has 4 heteroatoms. The maximum Gasteiger partial charge on any atom is 0.229 e. The molecule has 0 atom stereocenters. The lowest BCUT2D eigenvalue weighted by molar-refractivity contribution is -0.115. The lowest BCUT2D eigenvalue weighted by Crippen LogP contribution is -2.18. The summed E-state index contributed by atoms with van der Waals surface area (Å²) in [5, 5.41) is 7.33. The number of anilines is 1. The molecule has 1 aliphatic carbocycles. The highest BCUT2D eigenvalue weighted by atomic mass is 16.1. The summed E-state index contributed by atoms with van der Waals surface area (Å²) in [7, 11) is 0. The fourth-order valence-corrected chi connectivity index (χ4v) is 3.59. The summed E-state index contributed by atoms with van der Waals surface area (Å²) >= 11 is 0. The van der Waals surface area contributed by atoms with Gasteiger partial charge in [0.1, 0.15) is 5.82 Å². The standard InChI is InChI=1S/C22H23N3O/c26-22(15-18-10-11-19-8-4-5-9-20(19)14-18)24-21-12-13-23-25(21)16-17-6-2-1-3-7-17/h1-3,6-7,10-14H,4-5,8-9,15-16H2,(H,24,26). The lowest BCUT2D eigenvalue weighted by atomic mass is 9.90. The molecule has 0 saturated heterocycles. The Kier molecular flexibility index (Phi) is 4.82. The molecule has 2 aromatic carbocycles. The molecule has 1 aromatic heterocycles. The number of hydrogen-bond donors (Lipinski definition) is 1. The fourth-order valence-electron chi connectivity index (χ4n) is 3.59. The maximum atomic E-state index is 12.5. The minimum atomic E-state index is -0.00410. The van der Waals surface area contributed by atoms with Crippen molar-refractivity contribution in [2.75, 3.05) is 5.32 Å². The Balaban J connectivity index is 1.42. The number of carbonyl (C=O) groups is 1. The Morgan fingerprint density at radius 1 is 0.962 bits per heavy atom. The van der Waals surface area contributed by atoms with Gasteiger partial charge in [-0.15, -0.1) is 0 Å². The van der Waals surface area contributed by atoms with Crippen molar-refractivity contribution >= 4 is 11.7 Å². The van der Waals surface area contributed by atoms with E-state index in [4.69, 9.17) is 0 Å². The van der Waals surface area contributed by atoms with Gasteiger partial charge in [-0.2, -0.15) is 5.10 Å². The first-order valence-electron chi connectivity index (χ1n) is 9.24. The zero-order valence-electron chi connectivity index (χ0n) is 14.8. The molecule has 132 valence electrons. The summed E-state index contributed by atoms with van der Waals surface area (Å²) in [6, 6.07) is 18.4. The quantitative estimate of drug-likeness (QED) is 0.760. The molecular formula is C22H23N3O. The molecule has 0 fully saturated rings. The van der Waals surface area contributed by atoms with Crippen molar-refractivity contribution in [3.05, 3.63) is 83.0 Å². The molecule has 0 bridgehead atoms. The van der Waals surface area contributed by atoms with Gasteiger partial charge in [0.25, 0.3) is 0 Å². The van der Waals surface area contributed by atoms with Crippen molar-refractivity contribution in [2.45, 2.75) is 38.6 Å². The number of aromatic nitrogens is 2. The number of benzene rings is 2. The van der Waals surface area contributed by atoms with E-state index >= 15 is 0 Å². The number of aryl methyl sites for hydroxylation is 2. The summed E-state index contributed by atoms with van der Waals surface area (Å²) < 4.78 is 1.82. The summed E-state index contributed by atoms with van der Waals surface area (Å²) in [5.74, 6) is 0.729. The van der Waals surface area contributed by atoms with Crippen LogP contribution < -0.4 is 5.32 Å². The Hall–Kier alpha value is -2.88. The van der Waals surface area contributed by atoms with Gasteiger partial charge in [0.15, 0.2) is 0 Å². The number of amides is 1. The predicted molar refractivity (Wildman–Crippen MR) is 103 cm³/mol. The van der Waals surface area contributed by atoms with Crippen LogP contribution in [0.15, 0.2) is 60.8 Å². The van der Waals surface area contributed by atoms with Crippen molar-refractivity contribution < 1.29 is 4.79 Å². The van der Waals surface area contributed by atoms with Gasteiger partial charge in [-0.25, -0.2) is 4.68 Å². The molecule has 0 radical (unpaired) electrons. The smallest absolute Gasteiger partial charge is 0.229 e. The van der Waals surface area contributed by atoms with Crippen LogP contribution in [0.3, 0.4) is 0 Å². The highest BCUT2D eigenvalue weighted by Crippen LogP contribution is 2.22. The third-order valence-corrected chi connectivity index (χ3v) is 4.94. The average molecular weight is 345 g/mol. The average Bonchev–Trinajstić information content (AvgIpc) is 3.09. The van der Waals surface area contributed by atoms with Crippen molar-refractivity contribution in [1.29, 1.82) is 0 Å². The number of nitrogens with zero attached hydrogens (tertiary/aromatic N) is 2. The van der Waals surface area contributed by atoms with Crippen LogP contribution in [0.4, 0.5) is 5.82 Å². The highest BCUT2D eigenvalue weighted by Gasteiger charge is 2.12. The van der Waals surface area contributed by atoms with Crippen LogP contribution in [0.1, 0.15) is 35.1 Å². The van der Waals surface area contributed by atoms with E-state index in [0.29, 0.717) is 13.0 Å². The molecule has 4 rings (SSSR count). The first kappa shape index (κ1) is 16.6. The van der Waals surface area contributed by atoms with E-state index in [1.54, 1.807) is 6.20 Å². The van der Waals surface area contributed by atoms with Gasteiger partial charge in [-0.05, 0) is 47.9 Å². The minimum absolute atomic E-state index is 0.00410. The molecule has 0 aliphatic heterocycles. The van der Waals surface area contributed by atoms with Crippen LogP contribution >= 0.6 is 0 Å². The van der Waals surface area contributed by atoms with E-state index < -0.39 is 0 Å². The molecule has 1 aliphatic rings. The molecule has 1 heterocycles. The van der Waals surface area contributed by atoms with E-state index in [9.17, 15) is 4.79 Å². The zero-order valence-corrected chi connectivity index (χ0v) is 14.8. The second-order valence-corrected chi connectivity index (χ2v) is 6.89. The third kappa shape index (κ3) is 3.85. The topological polar surface area (TPSA) is 46.9 Å². The van der Waals surface area contributed by atoms with Crippen molar-refractivity contribution in [1.82, 2.24) is 9.78 Å². The van der Waals surface area contributed by atoms with Crippen molar-refractivity contribution in [2.24, 2.45) is 0 Å². The van der Waals surface area contributed by atoms with Gasteiger partial charge in [0, 0.05) is 6.07 Å². The van der Waals surface area contributed by atoms with Gasteiger partial charge in [0.05, 0.1) is 19.2 Å². The van der Waals surface area contributed by atoms with E-state index in [-0.39, 0.29) is 5.91 Å². The summed E-state index contributed by atoms with van der Waals surface area (Å²) in [6.45, 7) is 0.641. The van der Waals surface area contributed by atoms with E-state index in [2.05, 4.69) is 40.7 Å². The van der Waals surface area contributed by atoms with Crippen LogP contribution in [-0.2, 0) is 30.6 Å². The monoisotopic (exact) mass is 345 g/mol. The van der Waals surface area contributed by atoms with E-state index in [1.165, 1.54) is 30.4 Å². The second-order valence-electron chi connectivity index (χ2n) is 6.89. The van der Waals surface area contributed by atoms with Gasteiger partial charge in [-0.1, -0.05) is 48.5 Å². The van der Waals surface area contributed by atoms with Gasteiger partial charge in [-0.3, -0.25) is 4.79 Å². The van der Waals surface area contributed by atoms with Gasteiger partial charge >= 0.3 is 0 Å². The molecule has 0 saturated carbocycles. The van der Waals surface area contributed by atoms with Crippen molar-refractivity contribution in [3.63, 3.8) is 0 Å². The second kappa shape index (κ2) is 7.56. The molecule has 1 N–H and O–H groups in total. The Labute approximate surface area is 153 Å². The first-order chi connectivity index (χ1) is 12.8. The predicted octanol–water partition coefficient (Wildman–Crippen LogP) is 3.99. The number of rotatable bonds is 5. The van der Waals surface area contributed by atoms with Crippen LogP contribution in [0.5, 0.6) is 0 Å². The van der Waals surface area contributed by atoms with Gasteiger partial charge < -0.3 is 5.32 Å².